The molecule has 3 rings (SSSR count). The average Bonchev–Trinajstić information content (AvgIpc) is 2.94. The second kappa shape index (κ2) is 6.77. The van der Waals surface area contributed by atoms with Crippen LogP contribution in [0.2, 0.25) is 0 Å². The third kappa shape index (κ3) is 4.05. The Balaban J connectivity index is 1.66. The number of hydrogen-bond donors (Lipinski definition) is 1. The Morgan fingerprint density at radius 2 is 1.65 bits per heavy atom. The number of alkyl halides is 3. The van der Waals surface area contributed by atoms with Gasteiger partial charge in [0.25, 0.3) is 0 Å². The Kier molecular flexibility index (Phi) is 5.10. The van der Waals surface area contributed by atoms with E-state index in [0.29, 0.717) is 19.5 Å². The molecule has 0 unspecified atom stereocenters. The van der Waals surface area contributed by atoms with Crippen LogP contribution in [0.15, 0.2) is 29.2 Å². The summed E-state index contributed by atoms with van der Waals surface area (Å²) >= 11 is 0. The standard InChI is InChI=1S/C15H19F3N2O4S2/c16-15(17,18)12-1-3-14(4-2-12)26(23,24)20-8-6-19(7-9-20)13-5-10-25(21,22)11-13/h1-4,13H,5-11H2/p+1/t13-/m0/s1. The van der Waals surface area contributed by atoms with Crippen molar-refractivity contribution in [3.8, 4) is 0 Å². The van der Waals surface area contributed by atoms with Gasteiger partial charge in [-0.2, -0.15) is 17.5 Å². The Labute approximate surface area is 150 Å². The van der Waals surface area contributed by atoms with Crippen molar-refractivity contribution >= 4 is 19.9 Å². The lowest BCUT2D eigenvalue weighted by Gasteiger charge is -2.34. The highest BCUT2D eigenvalue weighted by Crippen LogP contribution is 2.30. The molecule has 0 aromatic heterocycles. The predicted molar refractivity (Wildman–Crippen MR) is 88.0 cm³/mol. The maximum absolute atomic E-state index is 12.6. The first kappa shape index (κ1) is 19.6. The minimum Gasteiger partial charge on any atom is -0.329 e. The average molecular weight is 413 g/mol. The first-order chi connectivity index (χ1) is 12.0. The summed E-state index contributed by atoms with van der Waals surface area (Å²) in [7, 11) is -6.85. The van der Waals surface area contributed by atoms with Gasteiger partial charge in [-0.25, -0.2) is 16.8 Å². The molecular weight excluding hydrogens is 393 g/mol. The summed E-state index contributed by atoms with van der Waals surface area (Å²) in [6, 6.07) is 3.47. The zero-order chi connectivity index (χ0) is 19.2. The van der Waals surface area contributed by atoms with Crippen molar-refractivity contribution in [2.75, 3.05) is 37.7 Å². The topological polar surface area (TPSA) is 76.0 Å². The van der Waals surface area contributed by atoms with Crippen molar-refractivity contribution in [2.24, 2.45) is 0 Å². The number of hydrogen-bond acceptors (Lipinski definition) is 4. The number of sulfone groups is 1. The molecule has 6 nitrogen and oxygen atoms in total. The first-order valence-corrected chi connectivity index (χ1v) is 11.5. The smallest absolute Gasteiger partial charge is 0.329 e. The van der Waals surface area contributed by atoms with E-state index < -0.39 is 31.6 Å². The molecule has 2 heterocycles. The summed E-state index contributed by atoms with van der Waals surface area (Å²) in [5.74, 6) is 0.308. The van der Waals surface area contributed by atoms with Crippen LogP contribution in [0.3, 0.4) is 0 Å². The summed E-state index contributed by atoms with van der Waals surface area (Å²) < 4.78 is 87.5. The van der Waals surface area contributed by atoms with Crippen molar-refractivity contribution in [1.82, 2.24) is 4.31 Å². The number of quaternary nitrogens is 1. The molecule has 0 amide bonds. The monoisotopic (exact) mass is 413 g/mol. The molecule has 2 saturated heterocycles. The van der Waals surface area contributed by atoms with Crippen LogP contribution in [0.25, 0.3) is 0 Å². The van der Waals surface area contributed by atoms with Gasteiger partial charge in [-0.15, -0.1) is 0 Å². The van der Waals surface area contributed by atoms with E-state index in [0.717, 1.165) is 29.2 Å². The van der Waals surface area contributed by atoms with Crippen LogP contribution in [0.1, 0.15) is 12.0 Å². The van der Waals surface area contributed by atoms with Crippen molar-refractivity contribution < 1.29 is 34.9 Å². The number of benzene rings is 1. The fourth-order valence-corrected chi connectivity index (χ4v) is 6.77. The van der Waals surface area contributed by atoms with Crippen LogP contribution in [0, 0.1) is 0 Å². The summed E-state index contributed by atoms with van der Waals surface area (Å²) in [4.78, 5) is 0.905. The van der Waals surface area contributed by atoms with E-state index in [-0.39, 0.29) is 35.5 Å². The van der Waals surface area contributed by atoms with Gasteiger partial charge in [0.05, 0.1) is 42.4 Å². The number of nitrogens with zero attached hydrogens (tertiary/aromatic N) is 1. The number of nitrogens with one attached hydrogen (secondary N) is 1. The number of sulfonamides is 1. The van der Waals surface area contributed by atoms with E-state index in [1.807, 2.05) is 0 Å². The minimum absolute atomic E-state index is 0.00377. The van der Waals surface area contributed by atoms with Crippen molar-refractivity contribution in [3.63, 3.8) is 0 Å². The molecule has 11 heteroatoms. The zero-order valence-corrected chi connectivity index (χ0v) is 15.5. The number of rotatable bonds is 3. The molecular formula is C15H20F3N2O4S2+. The lowest BCUT2D eigenvalue weighted by molar-refractivity contribution is -0.925. The van der Waals surface area contributed by atoms with E-state index >= 15 is 0 Å². The molecule has 26 heavy (non-hydrogen) atoms. The summed E-state index contributed by atoms with van der Waals surface area (Å²) in [5, 5.41) is 0. The van der Waals surface area contributed by atoms with Crippen molar-refractivity contribution in [1.29, 1.82) is 0 Å². The van der Waals surface area contributed by atoms with Gasteiger partial charge in [0, 0.05) is 6.42 Å². The lowest BCUT2D eigenvalue weighted by atomic mass is 10.2. The normalized spacial score (nSPS) is 25.4. The van der Waals surface area contributed by atoms with Crippen LogP contribution in [-0.4, -0.2) is 64.9 Å². The zero-order valence-electron chi connectivity index (χ0n) is 13.9. The van der Waals surface area contributed by atoms with Gasteiger partial charge in [0.2, 0.25) is 10.0 Å². The van der Waals surface area contributed by atoms with Crippen molar-refractivity contribution in [2.45, 2.75) is 23.5 Å². The maximum Gasteiger partial charge on any atom is 0.416 e. The van der Waals surface area contributed by atoms with Gasteiger partial charge < -0.3 is 4.90 Å². The highest BCUT2D eigenvalue weighted by molar-refractivity contribution is 7.91. The second-order valence-corrected chi connectivity index (χ2v) is 10.9. The molecule has 2 aliphatic heterocycles. The van der Waals surface area contributed by atoms with Crippen LogP contribution in [-0.2, 0) is 26.0 Å². The number of halogens is 3. The Morgan fingerprint density at radius 1 is 1.08 bits per heavy atom. The fourth-order valence-electron chi connectivity index (χ4n) is 3.50. The molecule has 2 fully saturated rings. The Hall–Kier alpha value is -1.17. The number of piperazine rings is 1. The van der Waals surface area contributed by atoms with Gasteiger partial charge in [-0.3, -0.25) is 0 Å². The molecule has 146 valence electrons. The van der Waals surface area contributed by atoms with Crippen molar-refractivity contribution in [3.05, 3.63) is 29.8 Å². The molecule has 0 radical (unpaired) electrons. The molecule has 2 aliphatic rings. The molecule has 1 aromatic rings. The molecule has 0 aliphatic carbocycles. The third-order valence-electron chi connectivity index (χ3n) is 4.99. The second-order valence-electron chi connectivity index (χ2n) is 6.68. The van der Waals surface area contributed by atoms with E-state index in [1.165, 1.54) is 4.31 Å². The van der Waals surface area contributed by atoms with Gasteiger partial charge in [0.1, 0.15) is 11.8 Å². The summed E-state index contributed by atoms with van der Waals surface area (Å²) in [6.45, 7) is 1.41. The Bertz CT molecular complexity index is 859. The highest BCUT2D eigenvalue weighted by atomic mass is 32.2. The molecule has 0 bridgehead atoms. The summed E-state index contributed by atoms with van der Waals surface area (Å²) in [5.41, 5.74) is -0.895. The van der Waals surface area contributed by atoms with Crippen LogP contribution < -0.4 is 4.90 Å². The molecule has 1 aromatic carbocycles. The van der Waals surface area contributed by atoms with Crippen LogP contribution in [0.4, 0.5) is 13.2 Å². The lowest BCUT2D eigenvalue weighted by Crippen LogP contribution is -3.18. The van der Waals surface area contributed by atoms with Gasteiger partial charge >= 0.3 is 6.18 Å². The first-order valence-electron chi connectivity index (χ1n) is 8.21. The highest BCUT2D eigenvalue weighted by Gasteiger charge is 2.39. The van der Waals surface area contributed by atoms with E-state index in [2.05, 4.69) is 0 Å². The third-order valence-corrected chi connectivity index (χ3v) is 8.67. The quantitative estimate of drug-likeness (QED) is 0.744. The van der Waals surface area contributed by atoms with Crippen LogP contribution in [0.5, 0.6) is 0 Å². The van der Waals surface area contributed by atoms with E-state index in [9.17, 15) is 30.0 Å². The molecule has 1 N–H and O–H groups in total. The largest absolute Gasteiger partial charge is 0.416 e. The molecule has 0 saturated carbocycles. The Morgan fingerprint density at radius 3 is 2.12 bits per heavy atom. The van der Waals surface area contributed by atoms with Gasteiger partial charge in [0.15, 0.2) is 9.84 Å². The minimum atomic E-state index is -4.51. The predicted octanol–water partition coefficient (Wildman–Crippen LogP) is -0.218. The van der Waals surface area contributed by atoms with Gasteiger partial charge in [-0.05, 0) is 24.3 Å². The SMILES string of the molecule is O=S1(=O)CC[C@H]([NH+]2CCN(S(=O)(=O)c3ccc(C(F)(F)F)cc3)CC2)C1. The molecule has 0 spiro atoms. The fraction of sp³-hybridized carbons (Fsp3) is 0.600. The van der Waals surface area contributed by atoms with E-state index in [4.69, 9.17) is 0 Å². The maximum atomic E-state index is 12.6. The molecule has 1 atom stereocenters. The summed E-state index contributed by atoms with van der Waals surface area (Å²) in [6.07, 6.45) is -3.93. The van der Waals surface area contributed by atoms with Crippen LogP contribution >= 0.6 is 0 Å². The van der Waals surface area contributed by atoms with E-state index in [1.54, 1.807) is 0 Å². The van der Waals surface area contributed by atoms with Gasteiger partial charge in [-0.1, -0.05) is 0 Å².